The predicted molar refractivity (Wildman–Crippen MR) is 107 cm³/mol. The molecule has 1 aliphatic heterocycles. The van der Waals surface area contributed by atoms with E-state index in [0.717, 1.165) is 68.4 Å². The lowest BCUT2D eigenvalue weighted by molar-refractivity contribution is 0.111. The number of nitrogens with one attached hydrogen (secondary N) is 1. The van der Waals surface area contributed by atoms with Crippen LogP contribution in [0.5, 0.6) is 0 Å². The van der Waals surface area contributed by atoms with Crippen LogP contribution in [0.3, 0.4) is 0 Å². The zero-order chi connectivity index (χ0) is 17.8. The van der Waals surface area contributed by atoms with E-state index >= 15 is 0 Å². The summed E-state index contributed by atoms with van der Waals surface area (Å²) in [5.74, 6) is 0.934. The molecular formula is C21H26N4O. The summed E-state index contributed by atoms with van der Waals surface area (Å²) in [6.45, 7) is 8.98. The van der Waals surface area contributed by atoms with Gasteiger partial charge in [0, 0.05) is 50.6 Å². The number of H-pyrrole nitrogens is 1. The van der Waals surface area contributed by atoms with E-state index in [2.05, 4.69) is 45.1 Å². The highest BCUT2D eigenvalue weighted by atomic mass is 16.5. The number of para-hydroxylation sites is 2. The predicted octanol–water partition coefficient (Wildman–Crippen LogP) is 3.39. The molecule has 1 aliphatic rings. The SMILES string of the molecule is CCOCCN1CCN(c2cccc(-c3nc4ccccc4[nH]3)c2)CC1. The Hall–Kier alpha value is -2.37. The number of rotatable bonds is 6. The number of piperazine rings is 1. The summed E-state index contributed by atoms with van der Waals surface area (Å²) in [5, 5.41) is 0. The third-order valence-electron chi connectivity index (χ3n) is 5.00. The Morgan fingerprint density at radius 1 is 1.04 bits per heavy atom. The van der Waals surface area contributed by atoms with Crippen molar-refractivity contribution < 1.29 is 4.74 Å². The topological polar surface area (TPSA) is 44.4 Å². The lowest BCUT2D eigenvalue weighted by atomic mass is 10.1. The number of hydrogen-bond acceptors (Lipinski definition) is 4. The third kappa shape index (κ3) is 3.74. The molecule has 0 atom stereocenters. The smallest absolute Gasteiger partial charge is 0.138 e. The van der Waals surface area contributed by atoms with E-state index < -0.39 is 0 Å². The standard InChI is InChI=1S/C21H26N4O/c1-2-26-15-14-24-10-12-25(13-11-24)18-7-5-6-17(16-18)21-22-19-8-3-4-9-20(19)23-21/h3-9,16H,2,10-15H2,1H3,(H,22,23). The molecule has 1 N–H and O–H groups in total. The van der Waals surface area contributed by atoms with Crippen molar-refractivity contribution in [3.8, 4) is 11.4 Å². The second-order valence-electron chi connectivity index (χ2n) is 6.68. The molecule has 2 aromatic carbocycles. The molecule has 5 nitrogen and oxygen atoms in total. The number of hydrogen-bond donors (Lipinski definition) is 1. The van der Waals surface area contributed by atoms with Gasteiger partial charge in [0.2, 0.25) is 0 Å². The van der Waals surface area contributed by atoms with Crippen LogP contribution in [0.1, 0.15) is 6.92 Å². The van der Waals surface area contributed by atoms with Crippen LogP contribution in [0.25, 0.3) is 22.4 Å². The van der Waals surface area contributed by atoms with Gasteiger partial charge in [-0.2, -0.15) is 0 Å². The summed E-state index contributed by atoms with van der Waals surface area (Å²) in [4.78, 5) is 13.1. The van der Waals surface area contributed by atoms with Crippen molar-refractivity contribution in [3.05, 3.63) is 48.5 Å². The normalized spacial score (nSPS) is 15.7. The van der Waals surface area contributed by atoms with Crippen LogP contribution in [0.15, 0.2) is 48.5 Å². The summed E-state index contributed by atoms with van der Waals surface area (Å²) < 4.78 is 5.47. The summed E-state index contributed by atoms with van der Waals surface area (Å²) in [6.07, 6.45) is 0. The Balaban J connectivity index is 1.45. The number of aromatic nitrogens is 2. The van der Waals surface area contributed by atoms with Crippen molar-refractivity contribution in [3.63, 3.8) is 0 Å². The van der Waals surface area contributed by atoms with E-state index in [9.17, 15) is 0 Å². The van der Waals surface area contributed by atoms with Gasteiger partial charge in [0.25, 0.3) is 0 Å². The van der Waals surface area contributed by atoms with E-state index in [1.165, 1.54) is 5.69 Å². The lowest BCUT2D eigenvalue weighted by Gasteiger charge is -2.36. The highest BCUT2D eigenvalue weighted by Crippen LogP contribution is 2.25. The van der Waals surface area contributed by atoms with Crippen LogP contribution in [0, 0.1) is 0 Å². The first-order valence-electron chi connectivity index (χ1n) is 9.44. The van der Waals surface area contributed by atoms with Crippen LogP contribution in [-0.2, 0) is 4.74 Å². The summed E-state index contributed by atoms with van der Waals surface area (Å²) >= 11 is 0. The number of aromatic amines is 1. The third-order valence-corrected chi connectivity index (χ3v) is 5.00. The molecule has 0 bridgehead atoms. The van der Waals surface area contributed by atoms with Crippen LogP contribution in [0.4, 0.5) is 5.69 Å². The number of fused-ring (bicyclic) bond motifs is 1. The molecule has 3 aromatic rings. The van der Waals surface area contributed by atoms with Crippen molar-refractivity contribution in [1.82, 2.24) is 14.9 Å². The van der Waals surface area contributed by atoms with Gasteiger partial charge in [0.1, 0.15) is 5.82 Å². The largest absolute Gasteiger partial charge is 0.380 e. The first-order chi connectivity index (χ1) is 12.8. The van der Waals surface area contributed by atoms with Crippen molar-refractivity contribution in [2.45, 2.75) is 6.92 Å². The molecule has 0 unspecified atom stereocenters. The number of nitrogens with zero attached hydrogens (tertiary/aromatic N) is 3. The number of ether oxygens (including phenoxy) is 1. The maximum Gasteiger partial charge on any atom is 0.138 e. The van der Waals surface area contributed by atoms with Gasteiger partial charge in [-0.1, -0.05) is 24.3 Å². The van der Waals surface area contributed by atoms with Gasteiger partial charge in [-0.15, -0.1) is 0 Å². The molecule has 1 fully saturated rings. The maximum atomic E-state index is 5.47. The Kier molecular flexibility index (Phi) is 5.18. The number of anilines is 1. The number of imidazole rings is 1. The molecule has 1 saturated heterocycles. The first-order valence-corrected chi connectivity index (χ1v) is 9.44. The quantitative estimate of drug-likeness (QED) is 0.692. The van der Waals surface area contributed by atoms with E-state index in [0.29, 0.717) is 0 Å². The van der Waals surface area contributed by atoms with Gasteiger partial charge >= 0.3 is 0 Å². The van der Waals surface area contributed by atoms with Crippen molar-refractivity contribution in [1.29, 1.82) is 0 Å². The fourth-order valence-electron chi connectivity index (χ4n) is 3.51. The molecular weight excluding hydrogens is 324 g/mol. The Morgan fingerprint density at radius 2 is 1.88 bits per heavy atom. The average molecular weight is 350 g/mol. The maximum absolute atomic E-state index is 5.47. The van der Waals surface area contributed by atoms with Crippen LogP contribution < -0.4 is 4.90 Å². The summed E-state index contributed by atoms with van der Waals surface area (Å²) in [6, 6.07) is 16.9. The van der Waals surface area contributed by atoms with Crippen LogP contribution in [0.2, 0.25) is 0 Å². The monoisotopic (exact) mass is 350 g/mol. The van der Waals surface area contributed by atoms with Crippen molar-refractivity contribution in [2.75, 3.05) is 50.8 Å². The molecule has 0 amide bonds. The minimum Gasteiger partial charge on any atom is -0.380 e. The second kappa shape index (κ2) is 7.89. The molecule has 1 aromatic heterocycles. The summed E-state index contributed by atoms with van der Waals surface area (Å²) in [5.41, 5.74) is 4.50. The zero-order valence-electron chi connectivity index (χ0n) is 15.3. The van der Waals surface area contributed by atoms with E-state index in [1.807, 2.05) is 25.1 Å². The van der Waals surface area contributed by atoms with Crippen LogP contribution >= 0.6 is 0 Å². The Labute approximate surface area is 154 Å². The van der Waals surface area contributed by atoms with E-state index in [1.54, 1.807) is 0 Å². The molecule has 0 aliphatic carbocycles. The van der Waals surface area contributed by atoms with Crippen LogP contribution in [-0.4, -0.2) is 60.8 Å². The molecule has 5 heteroatoms. The molecule has 4 rings (SSSR count). The minimum absolute atomic E-state index is 0.800. The van der Waals surface area contributed by atoms with Gasteiger partial charge in [0.15, 0.2) is 0 Å². The number of benzene rings is 2. The highest BCUT2D eigenvalue weighted by molar-refractivity contribution is 5.79. The Morgan fingerprint density at radius 3 is 2.69 bits per heavy atom. The lowest BCUT2D eigenvalue weighted by Crippen LogP contribution is -2.47. The molecule has 26 heavy (non-hydrogen) atoms. The van der Waals surface area contributed by atoms with Gasteiger partial charge < -0.3 is 14.6 Å². The molecule has 2 heterocycles. The second-order valence-corrected chi connectivity index (χ2v) is 6.68. The van der Waals surface area contributed by atoms with Crippen molar-refractivity contribution in [2.24, 2.45) is 0 Å². The molecule has 0 spiro atoms. The van der Waals surface area contributed by atoms with E-state index in [-0.39, 0.29) is 0 Å². The summed E-state index contributed by atoms with van der Waals surface area (Å²) in [7, 11) is 0. The average Bonchev–Trinajstić information content (AvgIpc) is 3.13. The minimum atomic E-state index is 0.800. The Bertz CT molecular complexity index is 819. The first kappa shape index (κ1) is 17.1. The van der Waals surface area contributed by atoms with Gasteiger partial charge in [-0.25, -0.2) is 4.98 Å². The fraction of sp³-hybridized carbons (Fsp3) is 0.381. The van der Waals surface area contributed by atoms with Gasteiger partial charge in [0.05, 0.1) is 17.6 Å². The highest BCUT2D eigenvalue weighted by Gasteiger charge is 2.17. The van der Waals surface area contributed by atoms with Crippen molar-refractivity contribution >= 4 is 16.7 Å². The molecule has 0 saturated carbocycles. The zero-order valence-corrected chi connectivity index (χ0v) is 15.3. The molecule has 0 radical (unpaired) electrons. The molecule has 136 valence electrons. The van der Waals surface area contributed by atoms with E-state index in [4.69, 9.17) is 9.72 Å². The van der Waals surface area contributed by atoms with Gasteiger partial charge in [-0.05, 0) is 31.2 Å². The fourth-order valence-corrected chi connectivity index (χ4v) is 3.51. The van der Waals surface area contributed by atoms with Gasteiger partial charge in [-0.3, -0.25) is 4.90 Å².